The van der Waals surface area contributed by atoms with Crippen LogP contribution in [0.2, 0.25) is 0 Å². The lowest BCUT2D eigenvalue weighted by molar-refractivity contribution is -0.148. The van der Waals surface area contributed by atoms with E-state index in [1.807, 2.05) is 13.8 Å². The van der Waals surface area contributed by atoms with Crippen LogP contribution >= 0.6 is 0 Å². The van der Waals surface area contributed by atoms with Crippen LogP contribution in [-0.4, -0.2) is 130 Å². The molecular formula is C40H53N7O9. The van der Waals surface area contributed by atoms with Crippen LogP contribution in [-0.2, 0) is 46.4 Å². The number of carbonyl (C=O) groups excluding carboxylic acids is 7. The Labute approximate surface area is 326 Å². The fourth-order valence-corrected chi connectivity index (χ4v) is 7.54. The van der Waals surface area contributed by atoms with Crippen molar-refractivity contribution in [2.24, 2.45) is 5.92 Å². The summed E-state index contributed by atoms with van der Waals surface area (Å²) >= 11 is 0. The van der Waals surface area contributed by atoms with Gasteiger partial charge in [0.05, 0.1) is 13.2 Å². The van der Waals surface area contributed by atoms with Crippen LogP contribution in [0.15, 0.2) is 60.7 Å². The molecule has 3 aliphatic rings. The molecule has 302 valence electrons. The molecule has 7 atom stereocenters. The maximum atomic E-state index is 14.3. The monoisotopic (exact) mass is 775 g/mol. The van der Waals surface area contributed by atoms with E-state index in [-0.39, 0.29) is 38.3 Å². The maximum Gasteiger partial charge on any atom is 0.246 e. The Morgan fingerprint density at radius 3 is 1.39 bits per heavy atom. The van der Waals surface area contributed by atoms with Gasteiger partial charge in [0.2, 0.25) is 41.4 Å². The maximum absolute atomic E-state index is 14.3. The third kappa shape index (κ3) is 10.5. The molecule has 0 radical (unpaired) electrons. The summed E-state index contributed by atoms with van der Waals surface area (Å²) in [5.74, 6) is -4.97. The van der Waals surface area contributed by atoms with Crippen molar-refractivity contribution < 1.29 is 43.8 Å². The first-order valence-corrected chi connectivity index (χ1v) is 19.3. The molecule has 2 aromatic carbocycles. The average molecular weight is 776 g/mol. The standard InChI is InChI=1S/C40H53N7O9/c1-24(2)19-29-39(55)47-18-10-16-33(47)40(56)46-17-9-15-32(46)38(54)42-28(21-26-13-7-4-8-14-26)35(51)44-31(23-49)37(53)45-30(22-48)36(52)41-27(34(50)43-29)20-25-11-5-3-6-12-25/h3-8,11-14,24,27-33,48-49H,9-10,15-23H2,1-2H3,(H,41,52)(H,42,54)(H,43,50)(H,44,51)(H,45,53)/t27-,28-,29-,30-,31-,32-,33-/m0/s1. The van der Waals surface area contributed by atoms with E-state index >= 15 is 0 Å². The van der Waals surface area contributed by atoms with Gasteiger partial charge in [0.15, 0.2) is 0 Å². The van der Waals surface area contributed by atoms with Gasteiger partial charge in [-0.15, -0.1) is 0 Å². The third-order valence-corrected chi connectivity index (χ3v) is 10.4. The minimum Gasteiger partial charge on any atom is -0.394 e. The minimum absolute atomic E-state index is 0.00644. The summed E-state index contributed by atoms with van der Waals surface area (Å²) in [5.41, 5.74) is 1.36. The van der Waals surface area contributed by atoms with Gasteiger partial charge in [-0.3, -0.25) is 33.6 Å². The second-order valence-electron chi connectivity index (χ2n) is 15.1. The SMILES string of the molecule is CC(C)C[C@@H]1NC(=O)[C@H](Cc2ccccc2)NC(=O)[C@H](CO)NC(=O)[C@H](CO)NC(=O)[C@H](Cc2ccccc2)NC(=O)[C@@H]2CCCN2C(=O)[C@@H]2CCCN2C1=O. The number of amides is 7. The van der Waals surface area contributed by atoms with Gasteiger partial charge in [-0.1, -0.05) is 74.5 Å². The Morgan fingerprint density at radius 1 is 0.536 bits per heavy atom. The molecule has 0 bridgehead atoms. The summed E-state index contributed by atoms with van der Waals surface area (Å²) in [5, 5.41) is 33.4. The number of benzene rings is 2. The van der Waals surface area contributed by atoms with Gasteiger partial charge in [0, 0.05) is 25.9 Å². The van der Waals surface area contributed by atoms with Gasteiger partial charge < -0.3 is 46.6 Å². The van der Waals surface area contributed by atoms with Crippen LogP contribution in [0.25, 0.3) is 0 Å². The van der Waals surface area contributed by atoms with E-state index in [0.717, 1.165) is 0 Å². The van der Waals surface area contributed by atoms with Crippen LogP contribution in [0.3, 0.4) is 0 Å². The van der Waals surface area contributed by atoms with E-state index in [4.69, 9.17) is 0 Å². The van der Waals surface area contributed by atoms with Crippen LogP contribution < -0.4 is 26.6 Å². The molecule has 3 saturated heterocycles. The Hall–Kier alpha value is -5.35. The number of fused-ring (bicyclic) bond motifs is 2. The summed E-state index contributed by atoms with van der Waals surface area (Å²) in [6.45, 7) is 2.51. The summed E-state index contributed by atoms with van der Waals surface area (Å²) in [7, 11) is 0. The number of nitrogens with one attached hydrogen (secondary N) is 5. The lowest BCUT2D eigenvalue weighted by Gasteiger charge is -2.34. The van der Waals surface area contributed by atoms with E-state index in [1.54, 1.807) is 60.7 Å². The molecule has 16 nitrogen and oxygen atoms in total. The molecule has 5 rings (SSSR count). The van der Waals surface area contributed by atoms with E-state index in [9.17, 15) is 43.8 Å². The van der Waals surface area contributed by atoms with E-state index in [0.29, 0.717) is 36.8 Å². The highest BCUT2D eigenvalue weighted by atomic mass is 16.3. The zero-order valence-electron chi connectivity index (χ0n) is 31.8. The third-order valence-electron chi connectivity index (χ3n) is 10.4. The molecule has 7 N–H and O–H groups in total. The van der Waals surface area contributed by atoms with Crippen molar-refractivity contribution in [3.8, 4) is 0 Å². The van der Waals surface area contributed by atoms with Crippen molar-refractivity contribution in [2.75, 3.05) is 26.3 Å². The molecule has 3 fully saturated rings. The van der Waals surface area contributed by atoms with Gasteiger partial charge in [-0.05, 0) is 49.1 Å². The Morgan fingerprint density at radius 2 is 0.929 bits per heavy atom. The van der Waals surface area contributed by atoms with E-state index in [2.05, 4.69) is 26.6 Å². The molecule has 0 unspecified atom stereocenters. The van der Waals surface area contributed by atoms with Gasteiger partial charge in [0.1, 0.15) is 42.3 Å². The topological polar surface area (TPSA) is 227 Å². The molecule has 0 saturated carbocycles. The minimum atomic E-state index is -1.61. The lowest BCUT2D eigenvalue weighted by atomic mass is 10.00. The number of hydrogen-bond donors (Lipinski definition) is 7. The molecule has 56 heavy (non-hydrogen) atoms. The molecule has 3 aliphatic heterocycles. The highest BCUT2D eigenvalue weighted by Gasteiger charge is 2.44. The van der Waals surface area contributed by atoms with Gasteiger partial charge in [0.25, 0.3) is 0 Å². The van der Waals surface area contributed by atoms with Crippen molar-refractivity contribution in [2.45, 2.75) is 101 Å². The first kappa shape index (κ1) is 41.8. The van der Waals surface area contributed by atoms with E-state index < -0.39 is 96.9 Å². The van der Waals surface area contributed by atoms with Crippen molar-refractivity contribution in [3.05, 3.63) is 71.8 Å². The fraction of sp³-hybridized carbons (Fsp3) is 0.525. The molecule has 0 aliphatic carbocycles. The van der Waals surface area contributed by atoms with Gasteiger partial charge in [-0.25, -0.2) is 0 Å². The normalized spacial score (nSPS) is 27.4. The molecule has 0 aromatic heterocycles. The van der Waals surface area contributed by atoms with Crippen LogP contribution in [0, 0.1) is 5.92 Å². The molecule has 7 amide bonds. The molecule has 0 spiro atoms. The summed E-state index contributed by atoms with van der Waals surface area (Å²) in [6.07, 6.45) is 1.94. The van der Waals surface area contributed by atoms with Crippen molar-refractivity contribution in [1.29, 1.82) is 0 Å². The predicted octanol–water partition coefficient (Wildman–Crippen LogP) is -1.08. The fourth-order valence-electron chi connectivity index (χ4n) is 7.54. The first-order valence-electron chi connectivity index (χ1n) is 19.3. The highest BCUT2D eigenvalue weighted by Crippen LogP contribution is 2.27. The van der Waals surface area contributed by atoms with Crippen LogP contribution in [0.1, 0.15) is 57.1 Å². The zero-order valence-corrected chi connectivity index (χ0v) is 31.8. The summed E-state index contributed by atoms with van der Waals surface area (Å²) in [4.78, 5) is 100. The Bertz CT molecular complexity index is 1730. The number of aliphatic hydroxyl groups excluding tert-OH is 2. The average Bonchev–Trinajstić information content (AvgIpc) is 3.89. The number of hydrogen-bond acceptors (Lipinski definition) is 9. The predicted molar refractivity (Wildman–Crippen MR) is 203 cm³/mol. The quantitative estimate of drug-likeness (QED) is 0.173. The number of aliphatic hydroxyl groups is 2. The summed E-state index contributed by atoms with van der Waals surface area (Å²) < 4.78 is 0. The van der Waals surface area contributed by atoms with Crippen LogP contribution in [0.5, 0.6) is 0 Å². The lowest BCUT2D eigenvalue weighted by Crippen LogP contribution is -2.61. The highest BCUT2D eigenvalue weighted by molar-refractivity contribution is 5.99. The molecule has 16 heteroatoms. The molecule has 2 aromatic rings. The second-order valence-corrected chi connectivity index (χ2v) is 15.1. The largest absolute Gasteiger partial charge is 0.394 e. The van der Waals surface area contributed by atoms with Gasteiger partial charge in [-0.2, -0.15) is 0 Å². The smallest absolute Gasteiger partial charge is 0.246 e. The first-order chi connectivity index (χ1) is 26.9. The Balaban J connectivity index is 1.52. The second kappa shape index (κ2) is 19.5. The number of carbonyl (C=O) groups is 7. The Kier molecular flexibility index (Phi) is 14.5. The van der Waals surface area contributed by atoms with Gasteiger partial charge >= 0.3 is 0 Å². The van der Waals surface area contributed by atoms with E-state index in [1.165, 1.54) is 9.80 Å². The number of rotatable bonds is 8. The van der Waals surface area contributed by atoms with Crippen LogP contribution in [0.4, 0.5) is 0 Å². The summed E-state index contributed by atoms with van der Waals surface area (Å²) in [6, 6.07) is 9.06. The molecular weight excluding hydrogens is 722 g/mol. The van der Waals surface area contributed by atoms with Crippen molar-refractivity contribution in [3.63, 3.8) is 0 Å². The zero-order chi connectivity index (χ0) is 40.4. The molecule has 3 heterocycles. The van der Waals surface area contributed by atoms with Crippen molar-refractivity contribution >= 4 is 41.4 Å². The number of nitrogens with zero attached hydrogens (tertiary/aromatic N) is 2. The van der Waals surface area contributed by atoms with Crippen molar-refractivity contribution in [1.82, 2.24) is 36.4 Å².